The zero-order chi connectivity index (χ0) is 16.8. The Labute approximate surface area is 143 Å². The fourth-order valence-corrected chi connectivity index (χ4v) is 4.38. The van der Waals surface area contributed by atoms with E-state index in [1.807, 2.05) is 6.92 Å². The van der Waals surface area contributed by atoms with Crippen LogP contribution in [0.2, 0.25) is 0 Å². The van der Waals surface area contributed by atoms with Crippen molar-refractivity contribution in [2.75, 3.05) is 31.1 Å². The number of carbonyl (C=O) groups is 2. The Kier molecular flexibility index (Phi) is 3.64. The second-order valence-electron chi connectivity index (χ2n) is 6.00. The zero-order valence-corrected chi connectivity index (χ0v) is 14.5. The Morgan fingerprint density at radius 1 is 1.25 bits per heavy atom. The van der Waals surface area contributed by atoms with E-state index in [4.69, 9.17) is 0 Å². The molecule has 0 N–H and O–H groups in total. The number of hydrogen-bond acceptors (Lipinski definition) is 6. The molecule has 2 saturated heterocycles. The monoisotopic (exact) mass is 345 g/mol. The lowest BCUT2D eigenvalue weighted by atomic mass is 10.1. The Hall–Kier alpha value is -2.22. The van der Waals surface area contributed by atoms with E-state index in [0.29, 0.717) is 26.2 Å². The minimum absolute atomic E-state index is 0.0999. The van der Waals surface area contributed by atoms with Gasteiger partial charge in [-0.3, -0.25) is 9.69 Å². The first-order valence-electron chi connectivity index (χ1n) is 8.24. The molecule has 126 valence electrons. The number of fused-ring (bicyclic) bond motifs is 2. The molecular weight excluding hydrogens is 326 g/mol. The van der Waals surface area contributed by atoms with Gasteiger partial charge in [0.2, 0.25) is 0 Å². The van der Waals surface area contributed by atoms with Gasteiger partial charge in [0.15, 0.2) is 0 Å². The van der Waals surface area contributed by atoms with Crippen LogP contribution in [0.15, 0.2) is 12.4 Å². The largest absolute Gasteiger partial charge is 0.352 e. The van der Waals surface area contributed by atoms with Crippen LogP contribution in [0.4, 0.5) is 10.6 Å². The molecule has 1 unspecified atom stereocenters. The topological polar surface area (TPSA) is 69.6 Å². The fourth-order valence-electron chi connectivity index (χ4n) is 3.46. The summed E-state index contributed by atoms with van der Waals surface area (Å²) in [5, 5.41) is 1.04. The number of likely N-dealkylation sites (N-methyl/N-ethyl adjacent to an activating group) is 1. The molecule has 0 radical (unpaired) electrons. The van der Waals surface area contributed by atoms with Gasteiger partial charge in [-0.1, -0.05) is 6.92 Å². The van der Waals surface area contributed by atoms with Crippen LogP contribution in [0.25, 0.3) is 10.2 Å². The molecule has 24 heavy (non-hydrogen) atoms. The van der Waals surface area contributed by atoms with E-state index in [-0.39, 0.29) is 11.9 Å². The fraction of sp³-hybridized carbons (Fsp3) is 0.500. The highest BCUT2D eigenvalue weighted by Crippen LogP contribution is 2.32. The minimum Gasteiger partial charge on any atom is -0.352 e. The molecule has 3 amide bonds. The SMILES string of the molecule is CCc1cc2c(N3CCN4C(=O)N(CC)C(=O)C4C3)ncnc2s1. The minimum atomic E-state index is -0.402. The molecule has 2 aromatic heterocycles. The van der Waals surface area contributed by atoms with Crippen LogP contribution in [0.5, 0.6) is 0 Å². The van der Waals surface area contributed by atoms with Crippen molar-refractivity contribution in [2.45, 2.75) is 26.3 Å². The number of carbonyl (C=O) groups excluding carboxylic acids is 2. The maximum atomic E-state index is 12.5. The van der Waals surface area contributed by atoms with E-state index in [1.165, 1.54) is 9.78 Å². The first-order chi connectivity index (χ1) is 11.6. The van der Waals surface area contributed by atoms with Crippen molar-refractivity contribution in [3.05, 3.63) is 17.3 Å². The van der Waals surface area contributed by atoms with Crippen molar-refractivity contribution in [1.29, 1.82) is 0 Å². The third kappa shape index (κ3) is 2.16. The van der Waals surface area contributed by atoms with Gasteiger partial charge in [-0.25, -0.2) is 14.8 Å². The molecule has 4 rings (SSSR count). The molecule has 7 nitrogen and oxygen atoms in total. The predicted octanol–water partition coefficient (Wildman–Crippen LogP) is 1.73. The van der Waals surface area contributed by atoms with Gasteiger partial charge in [0.25, 0.3) is 5.91 Å². The van der Waals surface area contributed by atoms with Gasteiger partial charge in [0.1, 0.15) is 23.0 Å². The number of hydrogen-bond donors (Lipinski definition) is 0. The summed E-state index contributed by atoms with van der Waals surface area (Å²) in [6.07, 6.45) is 2.55. The third-order valence-electron chi connectivity index (χ3n) is 4.73. The lowest BCUT2D eigenvalue weighted by Crippen LogP contribution is -2.53. The molecule has 0 aromatic carbocycles. The molecular formula is C16H19N5O2S. The van der Waals surface area contributed by atoms with Crippen LogP contribution in [-0.2, 0) is 11.2 Å². The summed E-state index contributed by atoms with van der Waals surface area (Å²) in [5.74, 6) is 0.767. The molecule has 0 aliphatic carbocycles. The number of urea groups is 1. The zero-order valence-electron chi connectivity index (χ0n) is 13.7. The lowest BCUT2D eigenvalue weighted by Gasteiger charge is -2.36. The first-order valence-corrected chi connectivity index (χ1v) is 9.06. The highest BCUT2D eigenvalue weighted by molar-refractivity contribution is 7.18. The predicted molar refractivity (Wildman–Crippen MR) is 92.3 cm³/mol. The quantitative estimate of drug-likeness (QED) is 0.793. The molecule has 1 atom stereocenters. The van der Waals surface area contributed by atoms with Crippen molar-refractivity contribution in [3.8, 4) is 0 Å². The van der Waals surface area contributed by atoms with Gasteiger partial charge in [-0.15, -0.1) is 11.3 Å². The lowest BCUT2D eigenvalue weighted by molar-refractivity contribution is -0.128. The van der Waals surface area contributed by atoms with Gasteiger partial charge >= 0.3 is 6.03 Å². The van der Waals surface area contributed by atoms with E-state index in [2.05, 4.69) is 27.9 Å². The number of thiophene rings is 1. The molecule has 0 saturated carbocycles. The summed E-state index contributed by atoms with van der Waals surface area (Å²) >= 11 is 1.68. The summed E-state index contributed by atoms with van der Waals surface area (Å²) in [6.45, 7) is 6.09. The Morgan fingerprint density at radius 3 is 2.83 bits per heavy atom. The van der Waals surface area contributed by atoms with Gasteiger partial charge in [-0.2, -0.15) is 0 Å². The second-order valence-corrected chi connectivity index (χ2v) is 7.12. The van der Waals surface area contributed by atoms with Crippen LogP contribution in [0.1, 0.15) is 18.7 Å². The van der Waals surface area contributed by atoms with Crippen molar-refractivity contribution in [1.82, 2.24) is 19.8 Å². The number of anilines is 1. The first kappa shape index (κ1) is 15.3. The van der Waals surface area contributed by atoms with Crippen molar-refractivity contribution in [3.63, 3.8) is 0 Å². The van der Waals surface area contributed by atoms with Crippen molar-refractivity contribution >= 4 is 39.3 Å². The second kappa shape index (κ2) is 5.70. The number of amides is 3. The van der Waals surface area contributed by atoms with Crippen LogP contribution in [0, 0.1) is 0 Å². The normalized spacial score (nSPS) is 21.1. The summed E-state index contributed by atoms with van der Waals surface area (Å²) in [5.41, 5.74) is 0. The molecule has 8 heteroatoms. The Morgan fingerprint density at radius 2 is 2.08 bits per heavy atom. The van der Waals surface area contributed by atoms with Crippen LogP contribution in [0.3, 0.4) is 0 Å². The Balaban J connectivity index is 1.67. The highest BCUT2D eigenvalue weighted by Gasteiger charge is 2.47. The van der Waals surface area contributed by atoms with E-state index < -0.39 is 6.04 Å². The van der Waals surface area contributed by atoms with Gasteiger partial charge < -0.3 is 9.80 Å². The standard InChI is InChI=1S/C16H19N5O2S/c1-3-10-7-11-13(17-9-18-14(11)24-10)19-5-6-21-12(8-19)15(22)20(4-2)16(21)23/h7,9,12H,3-6,8H2,1-2H3. The number of rotatable bonds is 3. The van der Waals surface area contributed by atoms with Crippen LogP contribution < -0.4 is 4.90 Å². The number of nitrogens with zero attached hydrogens (tertiary/aromatic N) is 5. The van der Waals surface area contributed by atoms with E-state index in [1.54, 1.807) is 22.6 Å². The van der Waals surface area contributed by atoms with Crippen molar-refractivity contribution < 1.29 is 9.59 Å². The molecule has 2 fully saturated rings. The third-order valence-corrected chi connectivity index (χ3v) is 5.92. The molecule has 4 heterocycles. The molecule has 2 aliphatic heterocycles. The average molecular weight is 345 g/mol. The van der Waals surface area contributed by atoms with Crippen LogP contribution >= 0.6 is 11.3 Å². The van der Waals surface area contributed by atoms with Crippen LogP contribution in [-0.4, -0.2) is 63.9 Å². The highest BCUT2D eigenvalue weighted by atomic mass is 32.1. The summed E-state index contributed by atoms with van der Waals surface area (Å²) in [4.78, 5) is 41.0. The van der Waals surface area contributed by atoms with Gasteiger partial charge in [-0.05, 0) is 19.4 Å². The Bertz CT molecular complexity index is 820. The number of aromatic nitrogens is 2. The molecule has 2 aliphatic rings. The number of aryl methyl sites for hydroxylation is 1. The summed E-state index contributed by atoms with van der Waals surface area (Å²) in [7, 11) is 0. The van der Waals surface area contributed by atoms with Gasteiger partial charge in [0, 0.05) is 31.1 Å². The molecule has 2 aromatic rings. The number of piperazine rings is 1. The van der Waals surface area contributed by atoms with Gasteiger partial charge in [0.05, 0.1) is 5.39 Å². The average Bonchev–Trinajstić information content (AvgIpc) is 3.14. The molecule has 0 bridgehead atoms. The van der Waals surface area contributed by atoms with E-state index >= 15 is 0 Å². The maximum absolute atomic E-state index is 12.5. The van der Waals surface area contributed by atoms with E-state index in [9.17, 15) is 9.59 Å². The number of imide groups is 1. The maximum Gasteiger partial charge on any atom is 0.327 e. The summed E-state index contributed by atoms with van der Waals surface area (Å²) < 4.78 is 0. The van der Waals surface area contributed by atoms with E-state index in [0.717, 1.165) is 22.5 Å². The molecule has 0 spiro atoms. The summed E-state index contributed by atoms with van der Waals surface area (Å²) in [6, 6.07) is 1.58. The smallest absolute Gasteiger partial charge is 0.327 e. The van der Waals surface area contributed by atoms with Crippen molar-refractivity contribution in [2.24, 2.45) is 0 Å².